The summed E-state index contributed by atoms with van der Waals surface area (Å²) in [5.41, 5.74) is 1.17. The lowest BCUT2D eigenvalue weighted by atomic mass is 10.0. The smallest absolute Gasteiger partial charge is 0.243 e. The van der Waals surface area contributed by atoms with Gasteiger partial charge in [0, 0.05) is 6.20 Å². The molecule has 1 heterocycles. The number of aromatic nitrogens is 1. The lowest BCUT2D eigenvalue weighted by Crippen LogP contribution is -2.13. The minimum Gasteiger partial charge on any atom is -0.438 e. The Morgan fingerprint density at radius 3 is 2.35 bits per heavy atom. The highest BCUT2D eigenvalue weighted by Gasteiger charge is 2.16. The zero-order chi connectivity index (χ0) is 14.8. The standard InChI is InChI=1S/C14H16N2O3S/c1-10(2)11-5-7-12(8-6-11)19-14-13(20(15,17)18)4-3-9-16-14/h3-10H,1-2H3,(H2,15,17,18). The number of sulfonamides is 1. The molecule has 0 aliphatic rings. The summed E-state index contributed by atoms with van der Waals surface area (Å²) >= 11 is 0. The summed E-state index contributed by atoms with van der Waals surface area (Å²) in [5.74, 6) is 0.907. The Morgan fingerprint density at radius 2 is 1.80 bits per heavy atom. The third kappa shape index (κ3) is 3.34. The molecule has 6 heteroatoms. The van der Waals surface area contributed by atoms with Gasteiger partial charge in [0.2, 0.25) is 15.9 Å². The summed E-state index contributed by atoms with van der Waals surface area (Å²) in [5, 5.41) is 5.13. The molecule has 0 radical (unpaired) electrons. The summed E-state index contributed by atoms with van der Waals surface area (Å²) < 4.78 is 28.4. The van der Waals surface area contributed by atoms with Gasteiger partial charge >= 0.3 is 0 Å². The van der Waals surface area contributed by atoms with E-state index in [9.17, 15) is 8.42 Å². The van der Waals surface area contributed by atoms with Gasteiger partial charge in [0.05, 0.1) is 0 Å². The molecule has 0 fully saturated rings. The Labute approximate surface area is 118 Å². The van der Waals surface area contributed by atoms with Gasteiger partial charge in [-0.25, -0.2) is 18.5 Å². The number of primary sulfonamides is 1. The van der Waals surface area contributed by atoms with Crippen LogP contribution in [0, 0.1) is 0 Å². The van der Waals surface area contributed by atoms with E-state index in [-0.39, 0.29) is 10.8 Å². The average molecular weight is 292 g/mol. The molecule has 1 aromatic carbocycles. The van der Waals surface area contributed by atoms with Crippen molar-refractivity contribution >= 4 is 10.0 Å². The molecule has 0 saturated carbocycles. The van der Waals surface area contributed by atoms with Crippen molar-refractivity contribution < 1.29 is 13.2 Å². The van der Waals surface area contributed by atoms with Crippen LogP contribution in [0.4, 0.5) is 0 Å². The lowest BCUT2D eigenvalue weighted by Gasteiger charge is -2.10. The van der Waals surface area contributed by atoms with E-state index in [0.717, 1.165) is 0 Å². The van der Waals surface area contributed by atoms with Crippen molar-refractivity contribution in [2.75, 3.05) is 0 Å². The largest absolute Gasteiger partial charge is 0.438 e. The molecular weight excluding hydrogens is 276 g/mol. The highest BCUT2D eigenvalue weighted by atomic mass is 32.2. The molecule has 0 aliphatic heterocycles. The maximum absolute atomic E-state index is 11.4. The van der Waals surface area contributed by atoms with Crippen molar-refractivity contribution in [2.45, 2.75) is 24.7 Å². The fraction of sp³-hybridized carbons (Fsp3) is 0.214. The quantitative estimate of drug-likeness (QED) is 0.939. The van der Waals surface area contributed by atoms with Gasteiger partial charge in [0.25, 0.3) is 0 Å². The van der Waals surface area contributed by atoms with Gasteiger partial charge in [0.1, 0.15) is 10.6 Å². The lowest BCUT2D eigenvalue weighted by molar-refractivity contribution is 0.447. The van der Waals surface area contributed by atoms with Gasteiger partial charge in [-0.1, -0.05) is 26.0 Å². The van der Waals surface area contributed by atoms with E-state index >= 15 is 0 Å². The van der Waals surface area contributed by atoms with E-state index in [1.807, 2.05) is 12.1 Å². The monoisotopic (exact) mass is 292 g/mol. The molecule has 1 aromatic heterocycles. The zero-order valence-corrected chi connectivity index (χ0v) is 12.1. The first-order chi connectivity index (χ1) is 9.38. The average Bonchev–Trinajstić information content (AvgIpc) is 2.38. The number of nitrogens with two attached hydrogens (primary N) is 1. The molecular formula is C14H16N2O3S. The van der Waals surface area contributed by atoms with Gasteiger partial charge in [0.15, 0.2) is 0 Å². The molecule has 20 heavy (non-hydrogen) atoms. The maximum Gasteiger partial charge on any atom is 0.243 e. The molecule has 0 spiro atoms. The van der Waals surface area contributed by atoms with Crippen LogP contribution in [-0.4, -0.2) is 13.4 Å². The van der Waals surface area contributed by atoms with E-state index in [1.165, 1.54) is 23.9 Å². The zero-order valence-electron chi connectivity index (χ0n) is 11.3. The second kappa shape index (κ2) is 5.60. The molecule has 0 saturated heterocycles. The Kier molecular flexibility index (Phi) is 4.06. The number of pyridine rings is 1. The van der Waals surface area contributed by atoms with Gasteiger partial charge in [-0.2, -0.15) is 0 Å². The fourth-order valence-electron chi connectivity index (χ4n) is 1.70. The number of rotatable bonds is 4. The summed E-state index contributed by atoms with van der Waals surface area (Å²) in [6, 6.07) is 10.3. The molecule has 0 bridgehead atoms. The molecule has 2 N–H and O–H groups in total. The van der Waals surface area contributed by atoms with Crippen LogP contribution in [-0.2, 0) is 10.0 Å². The van der Waals surface area contributed by atoms with Crippen molar-refractivity contribution in [3.63, 3.8) is 0 Å². The van der Waals surface area contributed by atoms with Crippen molar-refractivity contribution in [3.05, 3.63) is 48.2 Å². The molecule has 0 unspecified atom stereocenters. The third-order valence-electron chi connectivity index (χ3n) is 2.80. The van der Waals surface area contributed by atoms with Gasteiger partial charge in [-0.15, -0.1) is 0 Å². The summed E-state index contributed by atoms with van der Waals surface area (Å²) in [7, 11) is -3.86. The van der Waals surface area contributed by atoms with Crippen LogP contribution in [0.5, 0.6) is 11.6 Å². The van der Waals surface area contributed by atoms with Crippen LogP contribution in [0.3, 0.4) is 0 Å². The molecule has 106 valence electrons. The molecule has 2 rings (SSSR count). The summed E-state index contributed by atoms with van der Waals surface area (Å²) in [6.45, 7) is 4.18. The van der Waals surface area contributed by atoms with E-state index < -0.39 is 10.0 Å². The molecule has 0 aliphatic carbocycles. The number of hydrogen-bond donors (Lipinski definition) is 1. The van der Waals surface area contributed by atoms with Crippen LogP contribution in [0.1, 0.15) is 25.3 Å². The first-order valence-corrected chi connectivity index (χ1v) is 7.68. The topological polar surface area (TPSA) is 82.3 Å². The fourth-order valence-corrected chi connectivity index (χ4v) is 2.31. The van der Waals surface area contributed by atoms with E-state index in [4.69, 9.17) is 9.88 Å². The van der Waals surface area contributed by atoms with Crippen LogP contribution in [0.15, 0.2) is 47.5 Å². The van der Waals surface area contributed by atoms with Crippen LogP contribution < -0.4 is 9.88 Å². The van der Waals surface area contributed by atoms with E-state index in [2.05, 4.69) is 18.8 Å². The second-order valence-electron chi connectivity index (χ2n) is 4.68. The van der Waals surface area contributed by atoms with Crippen molar-refractivity contribution in [1.82, 2.24) is 4.98 Å². The third-order valence-corrected chi connectivity index (χ3v) is 3.73. The summed E-state index contributed by atoms with van der Waals surface area (Å²) in [6.07, 6.45) is 1.45. The SMILES string of the molecule is CC(C)c1ccc(Oc2ncccc2S(N)(=O)=O)cc1. The predicted octanol–water partition coefficient (Wildman–Crippen LogP) is 2.64. The van der Waals surface area contributed by atoms with E-state index in [0.29, 0.717) is 11.7 Å². The second-order valence-corrected chi connectivity index (χ2v) is 6.21. The molecule has 2 aromatic rings. The summed E-state index contributed by atoms with van der Waals surface area (Å²) in [4.78, 5) is 3.79. The first-order valence-electron chi connectivity index (χ1n) is 6.13. The Morgan fingerprint density at radius 1 is 1.15 bits per heavy atom. The number of benzene rings is 1. The van der Waals surface area contributed by atoms with Gasteiger partial charge < -0.3 is 4.74 Å². The van der Waals surface area contributed by atoms with Crippen LogP contribution in [0.2, 0.25) is 0 Å². The van der Waals surface area contributed by atoms with Crippen LogP contribution >= 0.6 is 0 Å². The van der Waals surface area contributed by atoms with Crippen molar-refractivity contribution in [1.29, 1.82) is 0 Å². The van der Waals surface area contributed by atoms with Gasteiger partial charge in [-0.05, 0) is 35.7 Å². The Balaban J connectivity index is 2.31. The number of hydrogen-bond acceptors (Lipinski definition) is 4. The Hall–Kier alpha value is -1.92. The molecule has 5 nitrogen and oxygen atoms in total. The highest BCUT2D eigenvalue weighted by molar-refractivity contribution is 7.89. The molecule has 0 atom stereocenters. The number of ether oxygens (including phenoxy) is 1. The van der Waals surface area contributed by atoms with Crippen LogP contribution in [0.25, 0.3) is 0 Å². The van der Waals surface area contributed by atoms with Crippen molar-refractivity contribution in [2.24, 2.45) is 5.14 Å². The predicted molar refractivity (Wildman–Crippen MR) is 76.2 cm³/mol. The molecule has 0 amide bonds. The minimum absolute atomic E-state index is 0.0210. The van der Waals surface area contributed by atoms with Crippen molar-refractivity contribution in [3.8, 4) is 11.6 Å². The highest BCUT2D eigenvalue weighted by Crippen LogP contribution is 2.26. The normalized spacial score (nSPS) is 11.6. The van der Waals surface area contributed by atoms with Gasteiger partial charge in [-0.3, -0.25) is 0 Å². The van der Waals surface area contributed by atoms with E-state index in [1.54, 1.807) is 12.1 Å². The minimum atomic E-state index is -3.86. The first kappa shape index (κ1) is 14.5. The Bertz CT molecular complexity index is 695. The maximum atomic E-state index is 11.4. The number of nitrogens with zero attached hydrogens (tertiary/aromatic N) is 1.